The minimum Gasteiger partial charge on any atom is -0.360 e. The number of Topliss-reactive ketones (excluding diaryl/α,β-unsaturated/α-hetero) is 1. The molecular formula is C16H18N2O3. The Kier molecular flexibility index (Phi) is 3.08. The first-order valence-corrected chi connectivity index (χ1v) is 7.20. The van der Waals surface area contributed by atoms with E-state index in [9.17, 15) is 14.9 Å². The van der Waals surface area contributed by atoms with Crippen molar-refractivity contribution < 1.29 is 9.72 Å². The van der Waals surface area contributed by atoms with Gasteiger partial charge in [-0.25, -0.2) is 0 Å². The van der Waals surface area contributed by atoms with Gasteiger partial charge in [-0.2, -0.15) is 0 Å². The molecule has 3 rings (SSSR count). The average molecular weight is 286 g/mol. The molecule has 1 unspecified atom stereocenters. The molecule has 0 spiro atoms. The van der Waals surface area contributed by atoms with Gasteiger partial charge in [-0.3, -0.25) is 14.9 Å². The number of H-pyrrole nitrogens is 1. The van der Waals surface area contributed by atoms with E-state index in [1.807, 2.05) is 0 Å². The molecule has 1 saturated carbocycles. The van der Waals surface area contributed by atoms with E-state index in [4.69, 9.17) is 0 Å². The van der Waals surface area contributed by atoms with Crippen LogP contribution in [0.3, 0.4) is 0 Å². The van der Waals surface area contributed by atoms with E-state index in [1.54, 1.807) is 12.3 Å². The van der Waals surface area contributed by atoms with Crippen molar-refractivity contribution in [3.8, 4) is 0 Å². The first-order chi connectivity index (χ1) is 9.90. The van der Waals surface area contributed by atoms with Crippen LogP contribution >= 0.6 is 0 Å². The van der Waals surface area contributed by atoms with Gasteiger partial charge in [0.25, 0.3) is 5.69 Å². The Hall–Kier alpha value is -2.17. The lowest BCUT2D eigenvalue weighted by Crippen LogP contribution is -2.25. The maximum absolute atomic E-state index is 12.8. The van der Waals surface area contributed by atoms with Crippen molar-refractivity contribution >= 4 is 22.4 Å². The van der Waals surface area contributed by atoms with Crippen LogP contribution in [0.2, 0.25) is 0 Å². The molecule has 0 bridgehead atoms. The fraction of sp³-hybridized carbons (Fsp3) is 0.438. The molecule has 21 heavy (non-hydrogen) atoms. The highest BCUT2D eigenvalue weighted by atomic mass is 16.6. The summed E-state index contributed by atoms with van der Waals surface area (Å²) in [6.07, 6.45) is 4.76. The van der Waals surface area contributed by atoms with Crippen LogP contribution in [0.25, 0.3) is 10.9 Å². The zero-order chi connectivity index (χ0) is 15.2. The van der Waals surface area contributed by atoms with E-state index in [-0.39, 0.29) is 22.8 Å². The lowest BCUT2D eigenvalue weighted by molar-refractivity contribution is -0.384. The van der Waals surface area contributed by atoms with Gasteiger partial charge in [0.15, 0.2) is 5.78 Å². The molecule has 1 aliphatic carbocycles. The molecule has 0 radical (unpaired) electrons. The molecular weight excluding hydrogens is 268 g/mol. The molecule has 5 heteroatoms. The number of nitro groups is 1. The summed E-state index contributed by atoms with van der Waals surface area (Å²) in [5, 5.41) is 11.6. The topological polar surface area (TPSA) is 76.0 Å². The average Bonchev–Trinajstić information content (AvgIpc) is 3.00. The predicted octanol–water partition coefficient (Wildman–Crippen LogP) is 4.09. The van der Waals surface area contributed by atoms with Crippen LogP contribution in [-0.4, -0.2) is 15.7 Å². The number of hydrogen-bond acceptors (Lipinski definition) is 3. The second kappa shape index (κ2) is 4.69. The SMILES string of the molecule is CC1(C)CCCC1C(=O)c1c[nH]c2cc([N+](=O)[O-])ccc12. The number of nitrogens with zero attached hydrogens (tertiary/aromatic N) is 1. The summed E-state index contributed by atoms with van der Waals surface area (Å²) in [7, 11) is 0. The Balaban J connectivity index is 2.01. The van der Waals surface area contributed by atoms with Crippen LogP contribution < -0.4 is 0 Å². The van der Waals surface area contributed by atoms with Crippen LogP contribution in [0.15, 0.2) is 24.4 Å². The Labute approximate surface area is 122 Å². The number of carbonyl (C=O) groups is 1. The monoisotopic (exact) mass is 286 g/mol. The number of nitro benzene ring substituents is 1. The first-order valence-electron chi connectivity index (χ1n) is 7.20. The number of benzene rings is 1. The molecule has 1 aromatic carbocycles. The van der Waals surface area contributed by atoms with Gasteiger partial charge in [0.2, 0.25) is 0 Å². The molecule has 1 N–H and O–H groups in total. The van der Waals surface area contributed by atoms with Gasteiger partial charge < -0.3 is 4.98 Å². The molecule has 5 nitrogen and oxygen atoms in total. The molecule has 0 aliphatic heterocycles. The highest BCUT2D eigenvalue weighted by Crippen LogP contribution is 2.44. The molecule has 2 aromatic rings. The minimum absolute atomic E-state index is 0.0292. The van der Waals surface area contributed by atoms with Crippen molar-refractivity contribution in [2.24, 2.45) is 11.3 Å². The van der Waals surface area contributed by atoms with Crippen LogP contribution in [0.1, 0.15) is 43.5 Å². The summed E-state index contributed by atoms with van der Waals surface area (Å²) in [4.78, 5) is 26.2. The second-order valence-corrected chi connectivity index (χ2v) is 6.49. The van der Waals surface area contributed by atoms with Crippen molar-refractivity contribution in [3.63, 3.8) is 0 Å². The zero-order valence-corrected chi connectivity index (χ0v) is 12.2. The number of aromatic nitrogens is 1. The van der Waals surface area contributed by atoms with Gasteiger partial charge in [0.05, 0.1) is 10.4 Å². The second-order valence-electron chi connectivity index (χ2n) is 6.49. The van der Waals surface area contributed by atoms with Gasteiger partial charge in [-0.15, -0.1) is 0 Å². The maximum atomic E-state index is 12.8. The number of hydrogen-bond donors (Lipinski definition) is 1. The third-order valence-corrected chi connectivity index (χ3v) is 4.72. The van der Waals surface area contributed by atoms with Crippen molar-refractivity contribution in [3.05, 3.63) is 40.1 Å². The summed E-state index contributed by atoms with van der Waals surface area (Å²) < 4.78 is 0. The maximum Gasteiger partial charge on any atom is 0.271 e. The summed E-state index contributed by atoms with van der Waals surface area (Å²) in [6.45, 7) is 4.28. The minimum atomic E-state index is -0.429. The highest BCUT2D eigenvalue weighted by Gasteiger charge is 2.40. The summed E-state index contributed by atoms with van der Waals surface area (Å²) in [6, 6.07) is 4.60. The number of non-ortho nitro benzene ring substituents is 1. The van der Waals surface area contributed by atoms with E-state index in [0.717, 1.165) is 24.6 Å². The largest absolute Gasteiger partial charge is 0.360 e. The van der Waals surface area contributed by atoms with E-state index >= 15 is 0 Å². The third kappa shape index (κ3) is 2.22. The highest BCUT2D eigenvalue weighted by molar-refractivity contribution is 6.09. The Bertz CT molecular complexity index is 730. The van der Waals surface area contributed by atoms with Crippen LogP contribution in [-0.2, 0) is 0 Å². The van der Waals surface area contributed by atoms with Crippen molar-refractivity contribution in [2.75, 3.05) is 0 Å². The molecule has 1 aromatic heterocycles. The van der Waals surface area contributed by atoms with Crippen LogP contribution in [0, 0.1) is 21.4 Å². The predicted molar refractivity (Wildman–Crippen MR) is 80.4 cm³/mol. The van der Waals surface area contributed by atoms with E-state index < -0.39 is 4.92 Å². The third-order valence-electron chi connectivity index (χ3n) is 4.72. The van der Waals surface area contributed by atoms with Gasteiger partial charge >= 0.3 is 0 Å². The van der Waals surface area contributed by atoms with Crippen molar-refractivity contribution in [2.45, 2.75) is 33.1 Å². The molecule has 1 atom stereocenters. The summed E-state index contributed by atoms with van der Waals surface area (Å²) >= 11 is 0. The van der Waals surface area contributed by atoms with Crippen molar-refractivity contribution in [1.82, 2.24) is 4.98 Å². The van der Waals surface area contributed by atoms with Gasteiger partial charge in [0, 0.05) is 35.2 Å². The van der Waals surface area contributed by atoms with Gasteiger partial charge in [0.1, 0.15) is 0 Å². The van der Waals surface area contributed by atoms with E-state index in [1.165, 1.54) is 12.1 Å². The molecule has 0 saturated heterocycles. The Morgan fingerprint density at radius 2 is 2.19 bits per heavy atom. The number of nitrogens with one attached hydrogen (secondary N) is 1. The smallest absolute Gasteiger partial charge is 0.271 e. The van der Waals surface area contributed by atoms with Crippen LogP contribution in [0.5, 0.6) is 0 Å². The van der Waals surface area contributed by atoms with E-state index in [0.29, 0.717) is 11.1 Å². The molecule has 1 aliphatic rings. The number of fused-ring (bicyclic) bond motifs is 1. The quantitative estimate of drug-likeness (QED) is 0.524. The van der Waals surface area contributed by atoms with Crippen molar-refractivity contribution in [1.29, 1.82) is 0 Å². The van der Waals surface area contributed by atoms with Gasteiger partial charge in [-0.1, -0.05) is 20.3 Å². The van der Waals surface area contributed by atoms with Gasteiger partial charge in [-0.05, 0) is 24.3 Å². The normalized spacial score (nSPS) is 20.8. The van der Waals surface area contributed by atoms with E-state index in [2.05, 4.69) is 18.8 Å². The lowest BCUT2D eigenvalue weighted by atomic mass is 9.78. The number of carbonyl (C=O) groups excluding carboxylic acids is 1. The number of ketones is 1. The number of rotatable bonds is 3. The molecule has 0 amide bonds. The fourth-order valence-corrected chi connectivity index (χ4v) is 3.43. The Morgan fingerprint density at radius 3 is 2.81 bits per heavy atom. The Morgan fingerprint density at radius 1 is 1.43 bits per heavy atom. The van der Waals surface area contributed by atoms with Crippen LogP contribution in [0.4, 0.5) is 5.69 Å². The zero-order valence-electron chi connectivity index (χ0n) is 12.2. The summed E-state index contributed by atoms with van der Waals surface area (Å²) in [5.41, 5.74) is 1.36. The lowest BCUT2D eigenvalue weighted by Gasteiger charge is -2.25. The fourth-order valence-electron chi connectivity index (χ4n) is 3.43. The number of aromatic amines is 1. The summed E-state index contributed by atoms with van der Waals surface area (Å²) in [5.74, 6) is 0.185. The molecule has 1 heterocycles. The molecule has 1 fully saturated rings. The molecule has 110 valence electrons. The first kappa shape index (κ1) is 13.8. The standard InChI is InChI=1S/C16H18N2O3/c1-16(2)7-3-4-13(16)15(19)12-9-17-14-8-10(18(20)21)5-6-11(12)14/h5-6,8-9,13,17H,3-4,7H2,1-2H3.